The third-order valence-corrected chi connectivity index (χ3v) is 2.37. The molecule has 0 unspecified atom stereocenters. The normalized spacial score (nSPS) is 11.5. The third-order valence-electron chi connectivity index (χ3n) is 2.09. The van der Waals surface area contributed by atoms with Gasteiger partial charge in [0.25, 0.3) is 0 Å². The molecule has 0 aliphatic heterocycles. The van der Waals surface area contributed by atoms with Crippen LogP contribution >= 0.6 is 11.6 Å². The van der Waals surface area contributed by atoms with Gasteiger partial charge in [-0.3, -0.25) is 0 Å². The van der Waals surface area contributed by atoms with Crippen molar-refractivity contribution in [2.24, 2.45) is 0 Å². The van der Waals surface area contributed by atoms with Crippen molar-refractivity contribution >= 4 is 23.4 Å². The average Bonchev–Trinajstić information content (AvgIpc) is 2.10. The first-order valence-corrected chi connectivity index (χ1v) is 5.38. The summed E-state index contributed by atoms with van der Waals surface area (Å²) in [6, 6.07) is 0. The minimum atomic E-state index is -0.0425. The Morgan fingerprint density at radius 1 is 1.53 bits per heavy atom. The van der Waals surface area contributed by atoms with Crippen molar-refractivity contribution < 1.29 is 0 Å². The first-order chi connectivity index (χ1) is 6.94. The fourth-order valence-electron chi connectivity index (χ4n) is 1.48. The Labute approximate surface area is 95.3 Å². The molecule has 0 radical (unpaired) electrons. The maximum atomic E-state index is 5.96. The number of halogens is 1. The number of anilines is 2. The highest BCUT2D eigenvalue weighted by atomic mass is 35.5. The van der Waals surface area contributed by atoms with Gasteiger partial charge in [0, 0.05) is 5.54 Å². The quantitative estimate of drug-likeness (QED) is 0.832. The van der Waals surface area contributed by atoms with Crippen LogP contribution in [0.5, 0.6) is 0 Å². The molecule has 1 rings (SSSR count). The topological polar surface area (TPSA) is 63.8 Å². The van der Waals surface area contributed by atoms with Crippen molar-refractivity contribution in [2.45, 2.75) is 39.2 Å². The van der Waals surface area contributed by atoms with Gasteiger partial charge in [-0.2, -0.15) is 4.98 Å². The monoisotopic (exact) mass is 228 g/mol. The zero-order chi connectivity index (χ0) is 11.5. The van der Waals surface area contributed by atoms with E-state index in [1.165, 1.54) is 6.20 Å². The van der Waals surface area contributed by atoms with Crippen molar-refractivity contribution in [3.8, 4) is 0 Å². The van der Waals surface area contributed by atoms with Crippen LogP contribution in [0.25, 0.3) is 0 Å². The molecular weight excluding hydrogens is 212 g/mol. The number of nitrogens with zero attached hydrogens (tertiary/aromatic N) is 2. The SMILES string of the molecule is CCCC(C)(C)Nc1nc(N)ncc1Cl. The van der Waals surface area contributed by atoms with Crippen LogP contribution < -0.4 is 11.1 Å². The number of hydrogen-bond acceptors (Lipinski definition) is 4. The van der Waals surface area contributed by atoms with Crippen molar-refractivity contribution in [2.75, 3.05) is 11.1 Å². The molecule has 1 heterocycles. The van der Waals surface area contributed by atoms with E-state index in [0.29, 0.717) is 10.8 Å². The van der Waals surface area contributed by atoms with E-state index < -0.39 is 0 Å². The highest BCUT2D eigenvalue weighted by molar-refractivity contribution is 6.32. The van der Waals surface area contributed by atoms with Crippen LogP contribution in [-0.2, 0) is 0 Å². The molecule has 0 atom stereocenters. The van der Waals surface area contributed by atoms with E-state index in [-0.39, 0.29) is 11.5 Å². The molecule has 0 saturated heterocycles. The Hall–Kier alpha value is -1.03. The van der Waals surface area contributed by atoms with Gasteiger partial charge in [0.1, 0.15) is 5.02 Å². The van der Waals surface area contributed by atoms with Gasteiger partial charge >= 0.3 is 0 Å². The second-order valence-corrected chi connectivity index (χ2v) is 4.59. The van der Waals surface area contributed by atoms with E-state index in [9.17, 15) is 0 Å². The van der Waals surface area contributed by atoms with Crippen LogP contribution in [0, 0.1) is 0 Å². The Balaban J connectivity index is 2.83. The summed E-state index contributed by atoms with van der Waals surface area (Å²) in [6.45, 7) is 6.34. The van der Waals surface area contributed by atoms with Gasteiger partial charge in [-0.25, -0.2) is 4.98 Å². The molecule has 15 heavy (non-hydrogen) atoms. The van der Waals surface area contributed by atoms with Crippen molar-refractivity contribution in [1.82, 2.24) is 9.97 Å². The van der Waals surface area contributed by atoms with Crippen LogP contribution in [0.2, 0.25) is 5.02 Å². The van der Waals surface area contributed by atoms with Gasteiger partial charge in [0.15, 0.2) is 5.82 Å². The third kappa shape index (κ3) is 3.55. The summed E-state index contributed by atoms with van der Waals surface area (Å²) in [4.78, 5) is 7.87. The molecule has 0 aliphatic rings. The van der Waals surface area contributed by atoms with E-state index in [1.54, 1.807) is 0 Å². The Bertz CT molecular complexity index is 338. The second-order valence-electron chi connectivity index (χ2n) is 4.18. The summed E-state index contributed by atoms with van der Waals surface area (Å²) in [5.74, 6) is 0.830. The Morgan fingerprint density at radius 3 is 2.80 bits per heavy atom. The number of aromatic nitrogens is 2. The molecule has 4 nitrogen and oxygen atoms in total. The van der Waals surface area contributed by atoms with Gasteiger partial charge < -0.3 is 11.1 Å². The van der Waals surface area contributed by atoms with Gasteiger partial charge in [-0.15, -0.1) is 0 Å². The number of nitrogens with two attached hydrogens (primary N) is 1. The first kappa shape index (κ1) is 12.0. The van der Waals surface area contributed by atoms with Crippen LogP contribution in [0.15, 0.2) is 6.20 Å². The number of hydrogen-bond donors (Lipinski definition) is 2. The summed E-state index contributed by atoms with van der Waals surface area (Å²) in [6.07, 6.45) is 3.64. The number of nitrogen functional groups attached to an aromatic ring is 1. The number of nitrogens with one attached hydrogen (secondary N) is 1. The van der Waals surface area contributed by atoms with Crippen LogP contribution in [0.1, 0.15) is 33.6 Å². The minimum Gasteiger partial charge on any atom is -0.368 e. The Morgan fingerprint density at radius 2 is 2.20 bits per heavy atom. The number of rotatable bonds is 4. The van der Waals surface area contributed by atoms with E-state index >= 15 is 0 Å². The maximum Gasteiger partial charge on any atom is 0.222 e. The maximum absolute atomic E-state index is 5.96. The lowest BCUT2D eigenvalue weighted by Crippen LogP contribution is -2.31. The predicted octanol–water partition coefficient (Wildman–Crippen LogP) is 2.70. The minimum absolute atomic E-state index is 0.0425. The zero-order valence-corrected chi connectivity index (χ0v) is 10.1. The molecule has 1 aromatic heterocycles. The highest BCUT2D eigenvalue weighted by Gasteiger charge is 2.18. The molecule has 3 N–H and O–H groups in total. The lowest BCUT2D eigenvalue weighted by Gasteiger charge is -2.26. The largest absolute Gasteiger partial charge is 0.368 e. The first-order valence-electron chi connectivity index (χ1n) is 5.01. The van der Waals surface area contributed by atoms with Crippen molar-refractivity contribution in [3.05, 3.63) is 11.2 Å². The van der Waals surface area contributed by atoms with Crippen LogP contribution in [-0.4, -0.2) is 15.5 Å². The summed E-state index contributed by atoms with van der Waals surface area (Å²) in [7, 11) is 0. The highest BCUT2D eigenvalue weighted by Crippen LogP contribution is 2.24. The zero-order valence-electron chi connectivity index (χ0n) is 9.34. The lowest BCUT2D eigenvalue weighted by atomic mass is 9.99. The van der Waals surface area contributed by atoms with Gasteiger partial charge in [0.2, 0.25) is 5.95 Å². The molecule has 0 amide bonds. The molecule has 0 bridgehead atoms. The molecule has 0 saturated carbocycles. The fraction of sp³-hybridized carbons (Fsp3) is 0.600. The molecule has 0 fully saturated rings. The molecule has 1 aromatic rings. The van der Waals surface area contributed by atoms with Crippen molar-refractivity contribution in [3.63, 3.8) is 0 Å². The van der Waals surface area contributed by atoms with E-state index in [4.69, 9.17) is 17.3 Å². The van der Waals surface area contributed by atoms with E-state index in [2.05, 4.69) is 36.1 Å². The van der Waals surface area contributed by atoms with Gasteiger partial charge in [0.05, 0.1) is 6.20 Å². The summed E-state index contributed by atoms with van der Waals surface area (Å²) < 4.78 is 0. The van der Waals surface area contributed by atoms with Crippen LogP contribution in [0.3, 0.4) is 0 Å². The van der Waals surface area contributed by atoms with Gasteiger partial charge in [-0.1, -0.05) is 24.9 Å². The lowest BCUT2D eigenvalue weighted by molar-refractivity contribution is 0.509. The summed E-state index contributed by atoms with van der Waals surface area (Å²) in [5, 5.41) is 3.76. The molecular formula is C10H17ClN4. The van der Waals surface area contributed by atoms with E-state index in [0.717, 1.165) is 12.8 Å². The standard InChI is InChI=1S/C10H17ClN4/c1-4-5-10(2,3)15-8-7(11)6-13-9(12)14-8/h6H,4-5H2,1-3H3,(H3,12,13,14,15). The second kappa shape index (κ2) is 4.66. The smallest absolute Gasteiger partial charge is 0.222 e. The van der Waals surface area contributed by atoms with Crippen LogP contribution in [0.4, 0.5) is 11.8 Å². The average molecular weight is 229 g/mol. The predicted molar refractivity (Wildman–Crippen MR) is 64.1 cm³/mol. The molecule has 0 spiro atoms. The molecule has 0 aliphatic carbocycles. The summed E-state index contributed by atoms with van der Waals surface area (Å²) in [5.41, 5.74) is 5.46. The molecule has 5 heteroatoms. The molecule has 0 aromatic carbocycles. The fourth-order valence-corrected chi connectivity index (χ4v) is 1.61. The summed E-state index contributed by atoms with van der Waals surface area (Å²) >= 11 is 5.96. The Kier molecular flexibility index (Phi) is 3.74. The molecule has 84 valence electrons. The van der Waals surface area contributed by atoms with Gasteiger partial charge in [-0.05, 0) is 20.3 Å². The van der Waals surface area contributed by atoms with Crippen molar-refractivity contribution in [1.29, 1.82) is 0 Å². The van der Waals surface area contributed by atoms with E-state index in [1.807, 2.05) is 0 Å².